The summed E-state index contributed by atoms with van der Waals surface area (Å²) >= 11 is 0. The molecule has 3 atom stereocenters. The molecule has 0 aliphatic rings. The molecule has 0 aromatic heterocycles. The van der Waals surface area contributed by atoms with Crippen molar-refractivity contribution in [3.8, 4) is 0 Å². The van der Waals surface area contributed by atoms with Crippen LogP contribution in [0.3, 0.4) is 0 Å². The number of allylic oxidation sites excluding steroid dienone is 2. The van der Waals surface area contributed by atoms with Gasteiger partial charge in [-0.1, -0.05) is 117 Å². The lowest BCUT2D eigenvalue weighted by atomic mass is 9.83. The van der Waals surface area contributed by atoms with E-state index >= 15 is 0 Å². The van der Waals surface area contributed by atoms with Crippen LogP contribution in [0.2, 0.25) is 0 Å². The Morgan fingerprint density at radius 3 is 1.40 bits per heavy atom. The molecule has 0 amide bonds. The minimum Gasteiger partial charge on any atom is -0.0822 e. The summed E-state index contributed by atoms with van der Waals surface area (Å²) in [5, 5.41) is 0. The van der Waals surface area contributed by atoms with Crippen molar-refractivity contribution < 1.29 is 0 Å². The Hall–Kier alpha value is -0.260. The van der Waals surface area contributed by atoms with Crippen LogP contribution in [-0.4, -0.2) is 0 Å². The second-order valence-electron chi connectivity index (χ2n) is 8.38. The maximum Gasteiger partial charge on any atom is -0.0233 e. The maximum absolute atomic E-state index is 2.73. The van der Waals surface area contributed by atoms with Crippen molar-refractivity contribution in [2.45, 2.75) is 131 Å². The minimum atomic E-state index is 0.822. The highest BCUT2D eigenvalue weighted by atomic mass is 14.2. The quantitative estimate of drug-likeness (QED) is 0.229. The molecule has 0 fully saturated rings. The molecule has 0 aromatic rings. The molecule has 0 radical (unpaired) electrons. The minimum absolute atomic E-state index is 0.822. The zero-order valence-electron chi connectivity index (χ0n) is 18.7. The van der Waals surface area contributed by atoms with Crippen LogP contribution in [0, 0.1) is 17.8 Å². The molecule has 0 aromatic carbocycles. The van der Waals surface area contributed by atoms with Gasteiger partial charge in [0.2, 0.25) is 0 Å². The molecule has 0 saturated carbocycles. The van der Waals surface area contributed by atoms with E-state index in [1.165, 1.54) is 89.9 Å². The Bertz CT molecular complexity index is 281. The molecule has 3 unspecified atom stereocenters. The predicted molar refractivity (Wildman–Crippen MR) is 117 cm³/mol. The number of unbranched alkanes of at least 4 members (excludes halogenated alkanes) is 3. The third kappa shape index (κ3) is 12.7. The Labute approximate surface area is 161 Å². The van der Waals surface area contributed by atoms with E-state index in [1.54, 1.807) is 0 Å². The summed E-state index contributed by atoms with van der Waals surface area (Å²) in [5.74, 6) is 2.65. The number of hydrogen-bond donors (Lipinski definition) is 0. The van der Waals surface area contributed by atoms with Crippen molar-refractivity contribution in [2.75, 3.05) is 0 Å². The summed E-state index contributed by atoms with van der Waals surface area (Å²) < 4.78 is 0. The highest BCUT2D eigenvalue weighted by molar-refractivity contribution is 5.07. The van der Waals surface area contributed by atoms with Crippen LogP contribution in [0.1, 0.15) is 131 Å². The molecule has 0 aliphatic heterocycles. The van der Waals surface area contributed by atoms with Gasteiger partial charge in [-0.15, -0.1) is 0 Å². The molecule has 0 nitrogen and oxygen atoms in total. The zero-order chi connectivity index (χ0) is 18.9. The standard InChI is InChI=1S/C25H50/c1-7-13-16-22(10-4)19-25(20-23(11-5)17-14-8-2)21-24(12-6)18-15-9-3/h19,22-24H,7-18,20-21H2,1-6H3. The molecule has 0 aliphatic carbocycles. The summed E-state index contributed by atoms with van der Waals surface area (Å²) in [5.41, 5.74) is 1.81. The molecule has 0 rings (SSSR count). The molecule has 0 saturated heterocycles. The van der Waals surface area contributed by atoms with E-state index in [4.69, 9.17) is 0 Å². The van der Waals surface area contributed by atoms with Crippen LogP contribution in [0.15, 0.2) is 11.6 Å². The molecule has 25 heavy (non-hydrogen) atoms. The number of hydrogen-bond acceptors (Lipinski definition) is 0. The van der Waals surface area contributed by atoms with Crippen LogP contribution in [0.5, 0.6) is 0 Å². The van der Waals surface area contributed by atoms with Crippen molar-refractivity contribution in [3.63, 3.8) is 0 Å². The summed E-state index contributed by atoms with van der Waals surface area (Å²) in [6.45, 7) is 14.2. The van der Waals surface area contributed by atoms with Crippen molar-refractivity contribution in [2.24, 2.45) is 17.8 Å². The van der Waals surface area contributed by atoms with Crippen LogP contribution in [-0.2, 0) is 0 Å². The van der Waals surface area contributed by atoms with Gasteiger partial charge < -0.3 is 0 Å². The topological polar surface area (TPSA) is 0 Å². The van der Waals surface area contributed by atoms with Crippen LogP contribution in [0.25, 0.3) is 0 Å². The summed E-state index contributed by atoms with van der Waals surface area (Å²) in [7, 11) is 0. The normalized spacial score (nSPS) is 15.0. The second-order valence-corrected chi connectivity index (χ2v) is 8.38. The molecule has 0 spiro atoms. The lowest BCUT2D eigenvalue weighted by Crippen LogP contribution is -2.08. The van der Waals surface area contributed by atoms with Gasteiger partial charge in [-0.3, -0.25) is 0 Å². The third-order valence-electron chi connectivity index (χ3n) is 6.11. The van der Waals surface area contributed by atoms with E-state index < -0.39 is 0 Å². The van der Waals surface area contributed by atoms with E-state index in [1.807, 2.05) is 5.57 Å². The van der Waals surface area contributed by atoms with Gasteiger partial charge in [0.05, 0.1) is 0 Å². The van der Waals surface area contributed by atoms with Crippen molar-refractivity contribution in [1.82, 2.24) is 0 Å². The van der Waals surface area contributed by atoms with Crippen molar-refractivity contribution in [1.29, 1.82) is 0 Å². The molecular weight excluding hydrogens is 300 g/mol. The lowest BCUT2D eigenvalue weighted by Gasteiger charge is -2.23. The van der Waals surface area contributed by atoms with E-state index in [9.17, 15) is 0 Å². The summed E-state index contributed by atoms with van der Waals surface area (Å²) in [6, 6.07) is 0. The molecule has 0 heterocycles. The Balaban J connectivity index is 5.04. The van der Waals surface area contributed by atoms with Crippen molar-refractivity contribution in [3.05, 3.63) is 11.6 Å². The van der Waals surface area contributed by atoms with E-state index in [-0.39, 0.29) is 0 Å². The Kier molecular flexibility index (Phi) is 17.0. The monoisotopic (exact) mass is 350 g/mol. The fourth-order valence-electron chi connectivity index (χ4n) is 4.05. The third-order valence-corrected chi connectivity index (χ3v) is 6.11. The van der Waals surface area contributed by atoms with E-state index in [0.717, 1.165) is 17.8 Å². The van der Waals surface area contributed by atoms with Gasteiger partial charge in [0.15, 0.2) is 0 Å². The summed E-state index contributed by atoms with van der Waals surface area (Å²) in [6.07, 6.45) is 22.0. The number of rotatable bonds is 17. The molecule has 0 bridgehead atoms. The van der Waals surface area contributed by atoms with Gasteiger partial charge in [0.1, 0.15) is 0 Å². The zero-order valence-corrected chi connectivity index (χ0v) is 18.7. The SMILES string of the molecule is CCCCC(C=C(CC(CC)CCCC)CC(CC)CCCC)CC. The fourth-order valence-corrected chi connectivity index (χ4v) is 4.05. The average Bonchev–Trinajstić information content (AvgIpc) is 2.64. The second kappa shape index (κ2) is 17.2. The first-order valence-electron chi connectivity index (χ1n) is 11.8. The van der Waals surface area contributed by atoms with Crippen LogP contribution in [0.4, 0.5) is 0 Å². The summed E-state index contributed by atoms with van der Waals surface area (Å²) in [4.78, 5) is 0. The Morgan fingerprint density at radius 1 is 0.600 bits per heavy atom. The van der Waals surface area contributed by atoms with Crippen molar-refractivity contribution >= 4 is 0 Å². The van der Waals surface area contributed by atoms with Gasteiger partial charge >= 0.3 is 0 Å². The van der Waals surface area contributed by atoms with Gasteiger partial charge in [-0.2, -0.15) is 0 Å². The largest absolute Gasteiger partial charge is 0.0822 e. The van der Waals surface area contributed by atoms with Crippen LogP contribution >= 0.6 is 0 Å². The predicted octanol–water partition coefficient (Wildman–Crippen LogP) is 9.34. The lowest BCUT2D eigenvalue weighted by molar-refractivity contribution is 0.402. The molecule has 0 heteroatoms. The van der Waals surface area contributed by atoms with Gasteiger partial charge in [-0.25, -0.2) is 0 Å². The first kappa shape index (κ1) is 24.7. The average molecular weight is 351 g/mol. The van der Waals surface area contributed by atoms with E-state index in [2.05, 4.69) is 47.6 Å². The maximum atomic E-state index is 2.73. The van der Waals surface area contributed by atoms with Gasteiger partial charge in [-0.05, 0) is 43.4 Å². The molecular formula is C25H50. The van der Waals surface area contributed by atoms with E-state index in [0.29, 0.717) is 0 Å². The smallest absolute Gasteiger partial charge is 0.0233 e. The first-order chi connectivity index (χ1) is 12.1. The molecule has 0 N–H and O–H groups in total. The highest BCUT2D eigenvalue weighted by Gasteiger charge is 2.15. The first-order valence-corrected chi connectivity index (χ1v) is 11.8. The van der Waals surface area contributed by atoms with Gasteiger partial charge in [0.25, 0.3) is 0 Å². The van der Waals surface area contributed by atoms with Crippen LogP contribution < -0.4 is 0 Å². The fraction of sp³-hybridized carbons (Fsp3) is 0.920. The highest BCUT2D eigenvalue weighted by Crippen LogP contribution is 2.30. The Morgan fingerprint density at radius 2 is 1.04 bits per heavy atom. The van der Waals surface area contributed by atoms with Gasteiger partial charge in [0, 0.05) is 0 Å². The molecule has 150 valence electrons.